The van der Waals surface area contributed by atoms with E-state index >= 15 is 0 Å². The van der Waals surface area contributed by atoms with E-state index in [0.717, 1.165) is 41.2 Å². The van der Waals surface area contributed by atoms with Crippen LogP contribution in [0.1, 0.15) is 39.5 Å². The first-order chi connectivity index (χ1) is 12.7. The van der Waals surface area contributed by atoms with Crippen LogP contribution in [0.25, 0.3) is 21.5 Å². The molecule has 3 aromatic carbocycles. The molecule has 0 fully saturated rings. The second-order valence-corrected chi connectivity index (χ2v) is 6.53. The molecule has 0 spiro atoms. The van der Waals surface area contributed by atoms with Crippen molar-refractivity contribution < 1.29 is 14.3 Å². The Morgan fingerprint density at radius 3 is 2.38 bits per heavy atom. The van der Waals surface area contributed by atoms with Crippen molar-refractivity contribution in [2.45, 2.75) is 45.6 Å². The third-order valence-electron chi connectivity index (χ3n) is 4.60. The number of fused-ring (bicyclic) bond motifs is 2. The second kappa shape index (κ2) is 8.70. The van der Waals surface area contributed by atoms with Crippen LogP contribution in [0.2, 0.25) is 0 Å². The maximum absolute atomic E-state index is 12.3. The predicted octanol–water partition coefficient (Wildman–Crippen LogP) is 5.88. The highest BCUT2D eigenvalue weighted by Crippen LogP contribution is 2.31. The first-order valence-electron chi connectivity index (χ1n) is 9.47. The molecule has 0 N–H and O–H groups in total. The molecule has 0 aromatic heterocycles. The smallest absolute Gasteiger partial charge is 0.347 e. The predicted molar refractivity (Wildman–Crippen MR) is 107 cm³/mol. The van der Waals surface area contributed by atoms with E-state index in [1.807, 2.05) is 31.2 Å². The van der Waals surface area contributed by atoms with Crippen LogP contribution in [-0.2, 0) is 9.53 Å². The molecule has 136 valence electrons. The summed E-state index contributed by atoms with van der Waals surface area (Å²) in [6.07, 6.45) is 3.26. The van der Waals surface area contributed by atoms with Gasteiger partial charge in [0, 0.05) is 5.39 Å². The van der Waals surface area contributed by atoms with Crippen LogP contribution >= 0.6 is 0 Å². The number of carbonyl (C=O) groups is 1. The standard InChI is InChI=1S/C23H26O3/c1-3-5-6-13-22(23(24)25-4-2)26-21-14-9-12-19-15-17-10-7-8-11-18(17)16-20(19)21/h7-12,14-16,22H,3-6,13H2,1-2H3. The van der Waals surface area contributed by atoms with E-state index in [2.05, 4.69) is 37.3 Å². The topological polar surface area (TPSA) is 35.5 Å². The van der Waals surface area contributed by atoms with Gasteiger partial charge >= 0.3 is 5.97 Å². The molecule has 0 saturated heterocycles. The van der Waals surface area contributed by atoms with Crippen LogP contribution in [0.3, 0.4) is 0 Å². The largest absolute Gasteiger partial charge is 0.478 e. The summed E-state index contributed by atoms with van der Waals surface area (Å²) in [5.41, 5.74) is 0. The zero-order valence-corrected chi connectivity index (χ0v) is 15.5. The molecule has 0 saturated carbocycles. The van der Waals surface area contributed by atoms with Gasteiger partial charge in [0.1, 0.15) is 5.75 Å². The fraction of sp³-hybridized carbons (Fsp3) is 0.348. The molecule has 3 aromatic rings. The average molecular weight is 350 g/mol. The summed E-state index contributed by atoms with van der Waals surface area (Å²) in [6, 6.07) is 18.5. The molecule has 0 heterocycles. The highest BCUT2D eigenvalue weighted by molar-refractivity contribution is 6.01. The average Bonchev–Trinajstić information content (AvgIpc) is 2.66. The van der Waals surface area contributed by atoms with Crippen LogP contribution in [0, 0.1) is 0 Å². The minimum Gasteiger partial charge on any atom is -0.478 e. The Morgan fingerprint density at radius 1 is 0.923 bits per heavy atom. The molecule has 3 nitrogen and oxygen atoms in total. The van der Waals surface area contributed by atoms with Crippen LogP contribution in [0.15, 0.2) is 54.6 Å². The number of benzene rings is 3. The van der Waals surface area contributed by atoms with Crippen molar-refractivity contribution in [2.75, 3.05) is 6.61 Å². The Labute approximate surface area is 154 Å². The normalized spacial score (nSPS) is 12.2. The van der Waals surface area contributed by atoms with Crippen molar-refractivity contribution in [3.8, 4) is 5.75 Å². The maximum atomic E-state index is 12.3. The Bertz CT molecular complexity index is 885. The summed E-state index contributed by atoms with van der Waals surface area (Å²) in [4.78, 5) is 12.3. The number of unbranched alkanes of at least 4 members (excludes halogenated alkanes) is 2. The SMILES string of the molecule is CCCCCC(Oc1cccc2cc3ccccc3cc12)C(=O)OCC. The van der Waals surface area contributed by atoms with E-state index in [0.29, 0.717) is 13.0 Å². The van der Waals surface area contributed by atoms with E-state index in [1.165, 1.54) is 5.39 Å². The van der Waals surface area contributed by atoms with Gasteiger partial charge in [-0.25, -0.2) is 4.79 Å². The van der Waals surface area contributed by atoms with E-state index in [9.17, 15) is 4.79 Å². The fourth-order valence-electron chi connectivity index (χ4n) is 3.23. The molecule has 0 amide bonds. The molecule has 0 aliphatic carbocycles. The number of esters is 1. The summed E-state index contributed by atoms with van der Waals surface area (Å²) < 4.78 is 11.4. The highest BCUT2D eigenvalue weighted by Gasteiger charge is 2.22. The van der Waals surface area contributed by atoms with Gasteiger partial charge < -0.3 is 9.47 Å². The van der Waals surface area contributed by atoms with Crippen LogP contribution in [-0.4, -0.2) is 18.7 Å². The van der Waals surface area contributed by atoms with Gasteiger partial charge in [-0.05, 0) is 54.1 Å². The van der Waals surface area contributed by atoms with Gasteiger partial charge in [-0.15, -0.1) is 0 Å². The number of hydrogen-bond donors (Lipinski definition) is 0. The third kappa shape index (κ3) is 4.16. The molecule has 26 heavy (non-hydrogen) atoms. The molecule has 3 rings (SSSR count). The number of rotatable bonds is 8. The van der Waals surface area contributed by atoms with E-state index in [1.54, 1.807) is 0 Å². The van der Waals surface area contributed by atoms with Crippen molar-refractivity contribution in [1.29, 1.82) is 0 Å². The Balaban J connectivity index is 1.93. The summed E-state index contributed by atoms with van der Waals surface area (Å²) in [5, 5.41) is 4.49. The van der Waals surface area contributed by atoms with Crippen molar-refractivity contribution in [1.82, 2.24) is 0 Å². The van der Waals surface area contributed by atoms with Gasteiger partial charge in [-0.2, -0.15) is 0 Å². The second-order valence-electron chi connectivity index (χ2n) is 6.53. The summed E-state index contributed by atoms with van der Waals surface area (Å²) >= 11 is 0. The first kappa shape index (κ1) is 18.2. The lowest BCUT2D eigenvalue weighted by Crippen LogP contribution is -2.29. The maximum Gasteiger partial charge on any atom is 0.347 e. The van der Waals surface area contributed by atoms with Crippen LogP contribution < -0.4 is 4.74 Å². The molecule has 3 heteroatoms. The zero-order chi connectivity index (χ0) is 18.4. The van der Waals surface area contributed by atoms with Gasteiger partial charge in [-0.3, -0.25) is 0 Å². The molecular formula is C23H26O3. The molecule has 0 bridgehead atoms. The number of carbonyl (C=O) groups excluding carboxylic acids is 1. The highest BCUT2D eigenvalue weighted by atomic mass is 16.6. The Hall–Kier alpha value is -2.55. The lowest BCUT2D eigenvalue weighted by Gasteiger charge is -2.19. The Kier molecular flexibility index (Phi) is 6.11. The van der Waals surface area contributed by atoms with E-state index in [-0.39, 0.29) is 5.97 Å². The van der Waals surface area contributed by atoms with Gasteiger partial charge in [0.2, 0.25) is 0 Å². The molecule has 1 atom stereocenters. The van der Waals surface area contributed by atoms with Crippen molar-refractivity contribution in [2.24, 2.45) is 0 Å². The van der Waals surface area contributed by atoms with Gasteiger partial charge in [0.15, 0.2) is 6.10 Å². The molecule has 0 aliphatic rings. The van der Waals surface area contributed by atoms with Crippen molar-refractivity contribution in [3.05, 3.63) is 54.6 Å². The summed E-state index contributed by atoms with van der Waals surface area (Å²) in [7, 11) is 0. The Morgan fingerprint density at radius 2 is 1.65 bits per heavy atom. The molecular weight excluding hydrogens is 324 g/mol. The molecule has 0 radical (unpaired) electrons. The fourth-order valence-corrected chi connectivity index (χ4v) is 3.23. The van der Waals surface area contributed by atoms with Gasteiger partial charge in [0.05, 0.1) is 6.61 Å². The number of ether oxygens (including phenoxy) is 2. The van der Waals surface area contributed by atoms with Crippen LogP contribution in [0.4, 0.5) is 0 Å². The minimum atomic E-state index is -0.557. The quantitative estimate of drug-likeness (QED) is 0.289. The first-order valence-corrected chi connectivity index (χ1v) is 9.47. The van der Waals surface area contributed by atoms with Crippen molar-refractivity contribution >= 4 is 27.5 Å². The van der Waals surface area contributed by atoms with E-state index < -0.39 is 6.10 Å². The zero-order valence-electron chi connectivity index (χ0n) is 15.5. The third-order valence-corrected chi connectivity index (χ3v) is 4.60. The molecule has 1 unspecified atom stereocenters. The summed E-state index contributed by atoms with van der Waals surface area (Å²) in [6.45, 7) is 4.34. The van der Waals surface area contributed by atoms with Crippen molar-refractivity contribution in [3.63, 3.8) is 0 Å². The van der Waals surface area contributed by atoms with Gasteiger partial charge in [-0.1, -0.05) is 56.2 Å². The molecule has 0 aliphatic heterocycles. The lowest BCUT2D eigenvalue weighted by molar-refractivity contribution is -0.151. The minimum absolute atomic E-state index is 0.276. The lowest BCUT2D eigenvalue weighted by atomic mass is 10.0. The van der Waals surface area contributed by atoms with Crippen LogP contribution in [0.5, 0.6) is 5.75 Å². The van der Waals surface area contributed by atoms with E-state index in [4.69, 9.17) is 9.47 Å². The monoisotopic (exact) mass is 350 g/mol. The summed E-state index contributed by atoms with van der Waals surface area (Å²) in [5.74, 6) is 0.462. The van der Waals surface area contributed by atoms with Gasteiger partial charge in [0.25, 0.3) is 0 Å². The number of hydrogen-bond acceptors (Lipinski definition) is 3.